The Balaban J connectivity index is 2.32. The van der Waals surface area contributed by atoms with Gasteiger partial charge in [0, 0.05) is 18.2 Å². The van der Waals surface area contributed by atoms with Gasteiger partial charge in [-0.1, -0.05) is 23.2 Å². The Kier molecular flexibility index (Phi) is 5.51. The van der Waals surface area contributed by atoms with Gasteiger partial charge in [0.05, 0.1) is 17.2 Å². The molecule has 2 atom stereocenters. The van der Waals surface area contributed by atoms with Crippen LogP contribution in [0.1, 0.15) is 18.9 Å². The van der Waals surface area contributed by atoms with Gasteiger partial charge in [-0.25, -0.2) is 13.1 Å². The van der Waals surface area contributed by atoms with E-state index >= 15 is 0 Å². The Morgan fingerprint density at radius 2 is 2.05 bits per heavy atom. The average molecular weight is 353 g/mol. The van der Waals surface area contributed by atoms with Crippen LogP contribution in [0.3, 0.4) is 0 Å². The van der Waals surface area contributed by atoms with Gasteiger partial charge in [0.15, 0.2) is 0 Å². The monoisotopic (exact) mass is 352 g/mol. The highest BCUT2D eigenvalue weighted by Gasteiger charge is 2.30. The molecule has 0 spiro atoms. The summed E-state index contributed by atoms with van der Waals surface area (Å²) in [5.41, 5.74) is 0.680. The number of nitrogens with one attached hydrogen (secondary N) is 2. The van der Waals surface area contributed by atoms with Gasteiger partial charge >= 0.3 is 0 Å². The van der Waals surface area contributed by atoms with Crippen molar-refractivity contribution in [2.24, 2.45) is 0 Å². The van der Waals surface area contributed by atoms with Crippen molar-refractivity contribution in [3.8, 4) is 0 Å². The molecule has 2 N–H and O–H groups in total. The zero-order valence-electron chi connectivity index (χ0n) is 11.8. The lowest BCUT2D eigenvalue weighted by atomic mass is 10.2. The lowest BCUT2D eigenvalue weighted by Crippen LogP contribution is -2.39. The Hall–Kier alpha value is -0.370. The summed E-state index contributed by atoms with van der Waals surface area (Å²) >= 11 is 12.1. The summed E-state index contributed by atoms with van der Waals surface area (Å²) in [6, 6.07) is 2.72. The van der Waals surface area contributed by atoms with Crippen LogP contribution in [0.2, 0.25) is 10.0 Å². The van der Waals surface area contributed by atoms with Crippen molar-refractivity contribution in [3.05, 3.63) is 27.7 Å². The molecule has 1 aliphatic heterocycles. The van der Waals surface area contributed by atoms with Crippen molar-refractivity contribution in [2.45, 2.75) is 36.9 Å². The molecule has 1 aromatic rings. The summed E-state index contributed by atoms with van der Waals surface area (Å²) in [5, 5.41) is 3.49. The number of ether oxygens (including phenoxy) is 1. The quantitative estimate of drug-likeness (QED) is 0.851. The van der Waals surface area contributed by atoms with E-state index in [1.165, 1.54) is 12.1 Å². The van der Waals surface area contributed by atoms with Crippen LogP contribution in [0.15, 0.2) is 17.0 Å². The fraction of sp³-hybridized carbons (Fsp3) is 0.538. The van der Waals surface area contributed by atoms with Gasteiger partial charge < -0.3 is 10.1 Å². The van der Waals surface area contributed by atoms with Crippen LogP contribution in [0.5, 0.6) is 0 Å². The maximum atomic E-state index is 12.5. The maximum absolute atomic E-state index is 12.5. The van der Waals surface area contributed by atoms with Crippen LogP contribution in [-0.2, 0) is 21.3 Å². The first-order chi connectivity index (χ1) is 9.85. The van der Waals surface area contributed by atoms with E-state index in [0.29, 0.717) is 30.2 Å². The zero-order valence-corrected chi connectivity index (χ0v) is 14.1. The fourth-order valence-corrected chi connectivity index (χ4v) is 4.46. The Labute approximate surface area is 135 Å². The summed E-state index contributed by atoms with van der Waals surface area (Å²) in [4.78, 5) is 0.0397. The van der Waals surface area contributed by atoms with E-state index in [1.54, 1.807) is 7.05 Å². The molecule has 118 valence electrons. The molecule has 0 bridgehead atoms. The van der Waals surface area contributed by atoms with Gasteiger partial charge in [0.1, 0.15) is 4.90 Å². The van der Waals surface area contributed by atoms with Gasteiger partial charge in [-0.2, -0.15) is 0 Å². The third-order valence-corrected chi connectivity index (χ3v) is 5.75. The smallest absolute Gasteiger partial charge is 0.242 e. The van der Waals surface area contributed by atoms with Gasteiger partial charge in [-0.05, 0) is 38.1 Å². The molecule has 5 nitrogen and oxygen atoms in total. The van der Waals surface area contributed by atoms with Crippen molar-refractivity contribution >= 4 is 33.2 Å². The first kappa shape index (κ1) is 17.0. The van der Waals surface area contributed by atoms with Crippen LogP contribution in [0.4, 0.5) is 0 Å². The minimum Gasteiger partial charge on any atom is -0.377 e. The molecule has 21 heavy (non-hydrogen) atoms. The minimum absolute atomic E-state index is 0.0397. The number of halogens is 2. The minimum atomic E-state index is -3.71. The molecule has 1 heterocycles. The van der Waals surface area contributed by atoms with Gasteiger partial charge in [-0.3, -0.25) is 0 Å². The van der Waals surface area contributed by atoms with Crippen molar-refractivity contribution in [1.82, 2.24) is 10.0 Å². The van der Waals surface area contributed by atoms with Crippen LogP contribution in [0.25, 0.3) is 0 Å². The third-order valence-electron chi connectivity index (χ3n) is 3.44. The first-order valence-electron chi connectivity index (χ1n) is 6.61. The van der Waals surface area contributed by atoms with E-state index in [2.05, 4.69) is 10.0 Å². The maximum Gasteiger partial charge on any atom is 0.242 e. The second-order valence-corrected chi connectivity index (χ2v) is 7.49. The Morgan fingerprint density at radius 1 is 1.33 bits per heavy atom. The van der Waals surface area contributed by atoms with E-state index in [0.717, 1.165) is 0 Å². The molecule has 0 radical (unpaired) electrons. The molecule has 1 aromatic carbocycles. The highest BCUT2D eigenvalue weighted by Crippen LogP contribution is 2.29. The average Bonchev–Trinajstić information content (AvgIpc) is 2.77. The molecule has 2 rings (SSSR count). The standard InChI is InChI=1S/C13H18Cl2N2O3S/c1-8-12(3-4-20-8)17-21(18,19)13-5-9(7-16-2)10(14)6-11(13)15/h5-6,8,12,16-17H,3-4,7H2,1-2H3. The van der Waals surface area contributed by atoms with E-state index in [-0.39, 0.29) is 22.1 Å². The Bertz CT molecular complexity index is 622. The molecule has 0 amide bonds. The van der Waals surface area contributed by atoms with Gasteiger partial charge in [-0.15, -0.1) is 0 Å². The molecule has 0 aromatic heterocycles. The summed E-state index contributed by atoms with van der Waals surface area (Å²) in [6.07, 6.45) is 0.497. The molecule has 8 heteroatoms. The van der Waals surface area contributed by atoms with Crippen LogP contribution in [-0.4, -0.2) is 34.2 Å². The number of hydrogen-bond acceptors (Lipinski definition) is 4. The van der Waals surface area contributed by atoms with Crippen molar-refractivity contribution in [3.63, 3.8) is 0 Å². The molecular formula is C13H18Cl2N2O3S. The van der Waals surface area contributed by atoms with Crippen molar-refractivity contribution < 1.29 is 13.2 Å². The molecule has 2 unspecified atom stereocenters. The normalized spacial score (nSPS) is 22.7. The largest absolute Gasteiger partial charge is 0.377 e. The number of sulfonamides is 1. The third kappa shape index (κ3) is 3.88. The summed E-state index contributed by atoms with van der Waals surface area (Å²) in [5.74, 6) is 0. The molecule has 1 fully saturated rings. The molecule has 1 saturated heterocycles. The molecule has 1 aliphatic rings. The topological polar surface area (TPSA) is 67.4 Å². The molecular weight excluding hydrogens is 335 g/mol. The van der Waals surface area contributed by atoms with E-state index < -0.39 is 10.0 Å². The SMILES string of the molecule is CNCc1cc(S(=O)(=O)NC2CCOC2C)c(Cl)cc1Cl. The van der Waals surface area contributed by atoms with Gasteiger partial charge in [0.2, 0.25) is 10.0 Å². The second kappa shape index (κ2) is 6.81. The predicted octanol–water partition coefficient (Wildman–Crippen LogP) is 2.17. The lowest BCUT2D eigenvalue weighted by molar-refractivity contribution is 0.117. The fourth-order valence-electron chi connectivity index (χ4n) is 2.25. The Morgan fingerprint density at radius 3 is 2.62 bits per heavy atom. The van der Waals surface area contributed by atoms with Crippen molar-refractivity contribution in [2.75, 3.05) is 13.7 Å². The first-order valence-corrected chi connectivity index (χ1v) is 8.85. The summed E-state index contributed by atoms with van der Waals surface area (Å²) in [6.45, 7) is 2.85. The molecule has 0 aliphatic carbocycles. The number of rotatable bonds is 5. The number of benzene rings is 1. The van der Waals surface area contributed by atoms with E-state index in [4.69, 9.17) is 27.9 Å². The van der Waals surface area contributed by atoms with Crippen LogP contribution in [0, 0.1) is 0 Å². The number of hydrogen-bond donors (Lipinski definition) is 2. The lowest BCUT2D eigenvalue weighted by Gasteiger charge is -2.17. The zero-order chi connectivity index (χ0) is 15.6. The summed E-state index contributed by atoms with van der Waals surface area (Å²) in [7, 11) is -1.95. The highest BCUT2D eigenvalue weighted by atomic mass is 35.5. The van der Waals surface area contributed by atoms with E-state index in [9.17, 15) is 8.42 Å². The van der Waals surface area contributed by atoms with Crippen molar-refractivity contribution in [1.29, 1.82) is 0 Å². The molecule has 0 saturated carbocycles. The predicted molar refractivity (Wildman–Crippen MR) is 83.4 cm³/mol. The van der Waals surface area contributed by atoms with Crippen LogP contribution >= 0.6 is 23.2 Å². The van der Waals surface area contributed by atoms with E-state index in [1.807, 2.05) is 6.92 Å². The van der Waals surface area contributed by atoms with Crippen LogP contribution < -0.4 is 10.0 Å². The van der Waals surface area contributed by atoms with Gasteiger partial charge in [0.25, 0.3) is 0 Å². The highest BCUT2D eigenvalue weighted by molar-refractivity contribution is 7.89. The second-order valence-electron chi connectivity index (χ2n) is 5.00. The summed E-state index contributed by atoms with van der Waals surface area (Å²) < 4.78 is 33.0.